The Bertz CT molecular complexity index is 1200. The number of hydrogen-bond donors (Lipinski definition) is 2. The summed E-state index contributed by atoms with van der Waals surface area (Å²) in [6.45, 7) is 3.23. The lowest BCUT2D eigenvalue weighted by Gasteiger charge is -2.14. The Labute approximate surface area is 180 Å². The first kappa shape index (κ1) is 22.2. The molecule has 0 aliphatic carbocycles. The first-order valence-electron chi connectivity index (χ1n) is 9.40. The summed E-state index contributed by atoms with van der Waals surface area (Å²) in [5.74, 6) is 0.493. The number of nitrogens with one attached hydrogen (secondary N) is 2. The summed E-state index contributed by atoms with van der Waals surface area (Å²) in [7, 11) is -1.13. The summed E-state index contributed by atoms with van der Waals surface area (Å²) in [6.07, 6.45) is 0.522. The second-order valence-electron chi connectivity index (χ2n) is 6.57. The van der Waals surface area contributed by atoms with Gasteiger partial charge in [0, 0.05) is 13.0 Å². The van der Waals surface area contributed by atoms with Crippen LogP contribution < -0.4 is 19.5 Å². The van der Waals surface area contributed by atoms with Crippen molar-refractivity contribution in [1.82, 2.24) is 5.16 Å². The Kier molecular flexibility index (Phi) is 6.50. The number of carbonyl (C=O) groups is 1. The van der Waals surface area contributed by atoms with E-state index in [1.807, 2.05) is 6.92 Å². The van der Waals surface area contributed by atoms with Gasteiger partial charge >= 0.3 is 0 Å². The number of hydrogen-bond acceptors (Lipinski definition) is 7. The van der Waals surface area contributed by atoms with Crippen LogP contribution in [0.25, 0.3) is 11.1 Å². The van der Waals surface area contributed by atoms with Gasteiger partial charge in [-0.05, 0) is 36.2 Å². The van der Waals surface area contributed by atoms with Gasteiger partial charge in [-0.2, -0.15) is 0 Å². The van der Waals surface area contributed by atoms with Crippen LogP contribution in [0.2, 0.25) is 0 Å². The third-order valence-corrected chi connectivity index (χ3v) is 5.85. The molecule has 3 rings (SSSR count). The minimum absolute atomic E-state index is 0.0765. The number of amides is 1. The van der Waals surface area contributed by atoms with Crippen molar-refractivity contribution in [2.75, 3.05) is 24.3 Å². The molecule has 2 N–H and O–H groups in total. The molecule has 164 valence electrons. The summed E-state index contributed by atoms with van der Waals surface area (Å²) in [5, 5.41) is 6.57. The van der Waals surface area contributed by atoms with Crippen LogP contribution in [0.3, 0.4) is 0 Å². The first-order chi connectivity index (χ1) is 14.8. The van der Waals surface area contributed by atoms with Gasteiger partial charge in [-0.1, -0.05) is 24.2 Å². The Balaban J connectivity index is 2.09. The third-order valence-electron chi connectivity index (χ3n) is 4.45. The lowest BCUT2D eigenvalue weighted by molar-refractivity contribution is -0.114. The van der Waals surface area contributed by atoms with Crippen LogP contribution in [0.1, 0.15) is 19.5 Å². The number of nitrogens with zero attached hydrogens (tertiary/aromatic N) is 1. The van der Waals surface area contributed by atoms with E-state index in [4.69, 9.17) is 14.0 Å². The van der Waals surface area contributed by atoms with Crippen molar-refractivity contribution in [1.29, 1.82) is 0 Å². The van der Waals surface area contributed by atoms with Gasteiger partial charge in [-0.15, -0.1) is 0 Å². The van der Waals surface area contributed by atoms with E-state index in [0.717, 1.165) is 0 Å². The van der Waals surface area contributed by atoms with E-state index >= 15 is 0 Å². The summed E-state index contributed by atoms with van der Waals surface area (Å²) >= 11 is 0. The Morgan fingerprint density at radius 3 is 2.55 bits per heavy atom. The maximum Gasteiger partial charge on any atom is 0.265 e. The number of methoxy groups -OCH3 is 2. The largest absolute Gasteiger partial charge is 0.497 e. The molecule has 0 bridgehead atoms. The Hall–Kier alpha value is -3.53. The number of rotatable bonds is 8. The molecule has 1 heterocycles. The molecular formula is C21H23N3O6S. The quantitative estimate of drug-likeness (QED) is 0.543. The van der Waals surface area contributed by atoms with Crippen LogP contribution in [-0.2, 0) is 21.2 Å². The van der Waals surface area contributed by atoms with Gasteiger partial charge in [0.25, 0.3) is 10.0 Å². The normalized spacial score (nSPS) is 11.1. The fraction of sp³-hybridized carbons (Fsp3) is 0.238. The van der Waals surface area contributed by atoms with Crippen molar-refractivity contribution in [2.24, 2.45) is 0 Å². The van der Waals surface area contributed by atoms with Crippen LogP contribution >= 0.6 is 0 Å². The molecule has 0 aliphatic heterocycles. The number of anilines is 2. The number of aryl methyl sites for hydroxylation is 1. The van der Waals surface area contributed by atoms with Gasteiger partial charge < -0.3 is 14.0 Å². The first-order valence-corrected chi connectivity index (χ1v) is 10.9. The average molecular weight is 445 g/mol. The van der Waals surface area contributed by atoms with Crippen LogP contribution in [0.15, 0.2) is 51.9 Å². The zero-order valence-corrected chi connectivity index (χ0v) is 18.4. The van der Waals surface area contributed by atoms with Crippen molar-refractivity contribution in [3.05, 3.63) is 48.2 Å². The van der Waals surface area contributed by atoms with Crippen molar-refractivity contribution in [2.45, 2.75) is 25.2 Å². The second kappa shape index (κ2) is 9.09. The van der Waals surface area contributed by atoms with E-state index in [9.17, 15) is 13.2 Å². The molecule has 9 nitrogen and oxygen atoms in total. The van der Waals surface area contributed by atoms with Crippen LogP contribution in [-0.4, -0.2) is 33.7 Å². The topological polar surface area (TPSA) is 120 Å². The molecule has 0 saturated heterocycles. The van der Waals surface area contributed by atoms with Crippen LogP contribution in [0, 0.1) is 0 Å². The fourth-order valence-electron chi connectivity index (χ4n) is 3.05. The van der Waals surface area contributed by atoms with Crippen LogP contribution in [0.4, 0.5) is 11.6 Å². The zero-order chi connectivity index (χ0) is 22.6. The Morgan fingerprint density at radius 2 is 1.90 bits per heavy atom. The molecule has 1 amide bonds. The molecule has 0 atom stereocenters. The standard InChI is InChI=1S/C21H23N3O6S/c1-5-17-20(21(30-23-17)22-13(2)25)14-9-10-18(29-4)19(11-14)31(26,27)24-15-7-6-8-16(12-15)28-3/h6-12,24H,5H2,1-4H3,(H,22,25). The van der Waals surface area contributed by atoms with E-state index in [0.29, 0.717) is 34.7 Å². The van der Waals surface area contributed by atoms with Crippen molar-refractivity contribution in [3.8, 4) is 22.6 Å². The lowest BCUT2D eigenvalue weighted by Crippen LogP contribution is -2.14. The molecular weight excluding hydrogens is 422 g/mol. The maximum absolute atomic E-state index is 13.2. The average Bonchev–Trinajstić information content (AvgIpc) is 3.14. The predicted octanol–water partition coefficient (Wildman–Crippen LogP) is 3.68. The summed E-state index contributed by atoms with van der Waals surface area (Å²) in [4.78, 5) is 11.5. The number of carbonyl (C=O) groups excluding carboxylic acids is 1. The van der Waals surface area contributed by atoms with E-state index in [1.165, 1.54) is 27.2 Å². The molecule has 3 aromatic rings. The highest BCUT2D eigenvalue weighted by Crippen LogP contribution is 2.37. The maximum atomic E-state index is 13.2. The Morgan fingerprint density at radius 1 is 1.13 bits per heavy atom. The fourth-order valence-corrected chi connectivity index (χ4v) is 4.29. The minimum atomic E-state index is -4.02. The summed E-state index contributed by atoms with van der Waals surface area (Å²) < 4.78 is 44.6. The molecule has 0 unspecified atom stereocenters. The molecule has 2 aromatic carbocycles. The van der Waals surface area contributed by atoms with Crippen LogP contribution in [0.5, 0.6) is 11.5 Å². The highest BCUT2D eigenvalue weighted by Gasteiger charge is 2.24. The number of ether oxygens (including phenoxy) is 2. The third kappa shape index (κ3) is 4.80. The molecule has 0 aliphatic rings. The molecule has 0 radical (unpaired) electrons. The highest BCUT2D eigenvalue weighted by molar-refractivity contribution is 7.92. The van der Waals surface area contributed by atoms with E-state index < -0.39 is 10.0 Å². The minimum Gasteiger partial charge on any atom is -0.497 e. The molecule has 31 heavy (non-hydrogen) atoms. The van der Waals surface area contributed by atoms with Gasteiger partial charge in [0.2, 0.25) is 11.8 Å². The van der Waals surface area contributed by atoms with Gasteiger partial charge in [0.15, 0.2) is 0 Å². The number of aromatic nitrogens is 1. The number of sulfonamides is 1. The lowest BCUT2D eigenvalue weighted by atomic mass is 10.0. The predicted molar refractivity (Wildman–Crippen MR) is 116 cm³/mol. The van der Waals surface area contributed by atoms with Crippen molar-refractivity contribution >= 4 is 27.5 Å². The van der Waals surface area contributed by atoms with E-state index in [1.54, 1.807) is 36.4 Å². The molecule has 0 spiro atoms. The summed E-state index contributed by atoms with van der Waals surface area (Å²) in [5.41, 5.74) is 1.94. The monoisotopic (exact) mass is 445 g/mol. The van der Waals surface area contributed by atoms with Crippen molar-refractivity contribution in [3.63, 3.8) is 0 Å². The second-order valence-corrected chi connectivity index (χ2v) is 8.22. The SMILES string of the molecule is CCc1noc(NC(C)=O)c1-c1ccc(OC)c(S(=O)(=O)Nc2cccc(OC)c2)c1. The summed E-state index contributed by atoms with van der Waals surface area (Å²) in [6, 6.07) is 11.2. The van der Waals surface area contributed by atoms with Gasteiger partial charge in [0.05, 0.1) is 31.2 Å². The zero-order valence-electron chi connectivity index (χ0n) is 17.6. The van der Waals surface area contributed by atoms with E-state index in [-0.39, 0.29) is 22.4 Å². The molecule has 10 heteroatoms. The van der Waals surface area contributed by atoms with Gasteiger partial charge in [-0.25, -0.2) is 8.42 Å². The van der Waals surface area contributed by atoms with Crippen molar-refractivity contribution < 1.29 is 27.2 Å². The van der Waals surface area contributed by atoms with Gasteiger partial charge in [0.1, 0.15) is 16.4 Å². The van der Waals surface area contributed by atoms with Gasteiger partial charge in [-0.3, -0.25) is 14.8 Å². The number of benzene rings is 2. The molecule has 1 aromatic heterocycles. The molecule has 0 fully saturated rings. The smallest absolute Gasteiger partial charge is 0.265 e. The van der Waals surface area contributed by atoms with E-state index in [2.05, 4.69) is 15.2 Å². The highest BCUT2D eigenvalue weighted by atomic mass is 32.2. The molecule has 0 saturated carbocycles.